The molecule has 104 valence electrons. The molecule has 0 aromatic carbocycles. The molecule has 4 unspecified atom stereocenters. The predicted molar refractivity (Wildman–Crippen MR) is 55.8 cm³/mol. The second kappa shape index (κ2) is 5.05. The number of alkyl halides is 3. The molecule has 0 amide bonds. The summed E-state index contributed by atoms with van der Waals surface area (Å²) in [6.07, 6.45) is -1.87. The molecule has 0 spiro atoms. The van der Waals surface area contributed by atoms with Crippen molar-refractivity contribution in [1.29, 1.82) is 0 Å². The van der Waals surface area contributed by atoms with Crippen molar-refractivity contribution >= 4 is 5.97 Å². The van der Waals surface area contributed by atoms with E-state index in [0.29, 0.717) is 0 Å². The fraction of sp³-hybridized carbons (Fsp3) is 0.909. The molecule has 0 aromatic rings. The van der Waals surface area contributed by atoms with Crippen LogP contribution in [0.15, 0.2) is 0 Å². The summed E-state index contributed by atoms with van der Waals surface area (Å²) in [4.78, 5) is 11.1. The molecule has 4 nitrogen and oxygen atoms in total. The Kier molecular flexibility index (Phi) is 3.82. The van der Waals surface area contributed by atoms with Gasteiger partial charge in [-0.3, -0.25) is 9.53 Å². The zero-order chi connectivity index (χ0) is 13.3. The van der Waals surface area contributed by atoms with E-state index in [1.165, 1.54) is 0 Å². The quantitative estimate of drug-likeness (QED) is 0.743. The average Bonchev–Trinajstić information content (AvgIpc) is 2.82. The second-order valence-electron chi connectivity index (χ2n) is 4.97. The first-order chi connectivity index (χ1) is 8.38. The number of carboxylic acids is 1. The summed E-state index contributed by atoms with van der Waals surface area (Å²) in [5, 5.41) is 12.1. The minimum Gasteiger partial charge on any atom is -0.481 e. The van der Waals surface area contributed by atoms with Crippen molar-refractivity contribution in [2.24, 2.45) is 17.8 Å². The number of rotatable bonds is 5. The molecule has 2 aliphatic rings. The molecule has 2 aliphatic carbocycles. The van der Waals surface area contributed by atoms with Crippen molar-refractivity contribution in [1.82, 2.24) is 5.32 Å². The molecule has 0 radical (unpaired) electrons. The highest BCUT2D eigenvalue weighted by Crippen LogP contribution is 2.48. The molecule has 2 rings (SSSR count). The number of carboxylic acid groups (broad SMARTS) is 1. The van der Waals surface area contributed by atoms with Gasteiger partial charge in [-0.2, -0.15) is 0 Å². The normalized spacial score (nSPS) is 35.1. The van der Waals surface area contributed by atoms with Gasteiger partial charge in [-0.15, -0.1) is 13.2 Å². The monoisotopic (exact) mass is 267 g/mol. The lowest BCUT2D eigenvalue weighted by Crippen LogP contribution is -2.45. The maximum atomic E-state index is 11.8. The van der Waals surface area contributed by atoms with E-state index in [4.69, 9.17) is 5.11 Å². The summed E-state index contributed by atoms with van der Waals surface area (Å²) in [6.45, 7) is -0.457. The van der Waals surface area contributed by atoms with Gasteiger partial charge in [0.05, 0.1) is 12.5 Å². The van der Waals surface area contributed by atoms with Crippen LogP contribution in [-0.4, -0.2) is 36.6 Å². The van der Waals surface area contributed by atoms with Gasteiger partial charge < -0.3 is 10.4 Å². The first-order valence-corrected chi connectivity index (χ1v) is 6.05. The lowest BCUT2D eigenvalue weighted by molar-refractivity contribution is -0.323. The molecule has 0 aromatic heterocycles. The van der Waals surface area contributed by atoms with Crippen molar-refractivity contribution in [3.63, 3.8) is 0 Å². The molecule has 2 fully saturated rings. The van der Waals surface area contributed by atoms with Gasteiger partial charge in [-0.25, -0.2) is 0 Å². The summed E-state index contributed by atoms with van der Waals surface area (Å²) in [5.74, 6) is -0.860. The Labute approximate surface area is 102 Å². The van der Waals surface area contributed by atoms with Gasteiger partial charge in [0.15, 0.2) is 0 Å². The van der Waals surface area contributed by atoms with Crippen LogP contribution < -0.4 is 5.32 Å². The highest BCUT2D eigenvalue weighted by Gasteiger charge is 2.50. The lowest BCUT2D eigenvalue weighted by Gasteiger charge is -2.29. The fourth-order valence-corrected chi connectivity index (χ4v) is 3.33. The molecule has 2 saturated carbocycles. The molecule has 2 bridgehead atoms. The first-order valence-electron chi connectivity index (χ1n) is 6.05. The second-order valence-corrected chi connectivity index (χ2v) is 4.97. The Morgan fingerprint density at radius 3 is 2.61 bits per heavy atom. The third kappa shape index (κ3) is 2.95. The van der Waals surface area contributed by atoms with Crippen LogP contribution in [0.5, 0.6) is 0 Å². The average molecular weight is 267 g/mol. The summed E-state index contributed by atoms with van der Waals surface area (Å²) in [5.41, 5.74) is 0. The van der Waals surface area contributed by atoms with Crippen molar-refractivity contribution in [2.75, 3.05) is 13.2 Å². The van der Waals surface area contributed by atoms with Gasteiger partial charge in [0.2, 0.25) is 0 Å². The molecular weight excluding hydrogens is 251 g/mol. The Morgan fingerprint density at radius 1 is 1.33 bits per heavy atom. The third-order valence-electron chi connectivity index (χ3n) is 3.95. The topological polar surface area (TPSA) is 58.6 Å². The summed E-state index contributed by atoms with van der Waals surface area (Å²) >= 11 is 0. The maximum absolute atomic E-state index is 11.8. The SMILES string of the molecule is O=C(O)C1C2CCC(C2)C1NCCOC(F)(F)F. The Hall–Kier alpha value is -0.820. The van der Waals surface area contributed by atoms with E-state index in [9.17, 15) is 18.0 Å². The van der Waals surface area contributed by atoms with Crippen molar-refractivity contribution < 1.29 is 27.8 Å². The van der Waals surface area contributed by atoms with Crippen LogP contribution in [0.2, 0.25) is 0 Å². The first kappa shape index (κ1) is 13.6. The lowest BCUT2D eigenvalue weighted by atomic mass is 9.84. The Morgan fingerprint density at radius 2 is 2.00 bits per heavy atom. The molecule has 2 N–H and O–H groups in total. The fourth-order valence-electron chi connectivity index (χ4n) is 3.33. The predicted octanol–water partition coefficient (Wildman–Crippen LogP) is 1.61. The van der Waals surface area contributed by atoms with E-state index < -0.39 is 24.9 Å². The minimum absolute atomic E-state index is 0.0250. The number of fused-ring (bicyclic) bond motifs is 2. The summed E-state index contributed by atoms with van der Waals surface area (Å²) in [7, 11) is 0. The number of hydrogen-bond acceptors (Lipinski definition) is 3. The summed E-state index contributed by atoms with van der Waals surface area (Å²) in [6, 6.07) is -0.210. The number of aliphatic carboxylic acids is 1. The molecule has 0 aliphatic heterocycles. The van der Waals surface area contributed by atoms with Crippen LogP contribution in [0.25, 0.3) is 0 Å². The van der Waals surface area contributed by atoms with E-state index in [2.05, 4.69) is 10.1 Å². The van der Waals surface area contributed by atoms with Crippen LogP contribution in [0.1, 0.15) is 19.3 Å². The van der Waals surface area contributed by atoms with Crippen LogP contribution in [-0.2, 0) is 9.53 Å². The maximum Gasteiger partial charge on any atom is 0.522 e. The van der Waals surface area contributed by atoms with Crippen LogP contribution in [0.3, 0.4) is 0 Å². The largest absolute Gasteiger partial charge is 0.522 e. The highest BCUT2D eigenvalue weighted by atomic mass is 19.4. The smallest absolute Gasteiger partial charge is 0.481 e. The van der Waals surface area contributed by atoms with E-state index >= 15 is 0 Å². The van der Waals surface area contributed by atoms with E-state index in [-0.39, 0.29) is 24.4 Å². The van der Waals surface area contributed by atoms with Gasteiger partial charge in [-0.1, -0.05) is 0 Å². The number of halogens is 3. The molecular formula is C11H16F3NO3. The number of ether oxygens (including phenoxy) is 1. The standard InChI is InChI=1S/C11H16F3NO3/c12-11(13,14)18-4-3-15-9-7-2-1-6(5-7)8(9)10(16)17/h6-9,15H,1-5H2,(H,16,17). The van der Waals surface area contributed by atoms with Gasteiger partial charge >= 0.3 is 12.3 Å². The Bertz CT molecular complexity index is 321. The van der Waals surface area contributed by atoms with Crippen molar-refractivity contribution in [3.8, 4) is 0 Å². The van der Waals surface area contributed by atoms with Gasteiger partial charge in [0.1, 0.15) is 0 Å². The van der Waals surface area contributed by atoms with Crippen molar-refractivity contribution in [3.05, 3.63) is 0 Å². The Balaban J connectivity index is 1.80. The number of carbonyl (C=O) groups is 1. The number of hydrogen-bond donors (Lipinski definition) is 2. The highest BCUT2D eigenvalue weighted by molar-refractivity contribution is 5.72. The number of nitrogens with one attached hydrogen (secondary N) is 1. The third-order valence-corrected chi connectivity index (χ3v) is 3.95. The van der Waals surface area contributed by atoms with Gasteiger partial charge in [-0.05, 0) is 31.1 Å². The van der Waals surface area contributed by atoms with E-state index in [1.807, 2.05) is 0 Å². The van der Waals surface area contributed by atoms with Gasteiger partial charge in [0.25, 0.3) is 0 Å². The molecule has 18 heavy (non-hydrogen) atoms. The van der Waals surface area contributed by atoms with Crippen LogP contribution in [0.4, 0.5) is 13.2 Å². The molecule has 0 heterocycles. The molecule has 0 saturated heterocycles. The van der Waals surface area contributed by atoms with Crippen LogP contribution in [0, 0.1) is 17.8 Å². The molecule has 7 heteroatoms. The van der Waals surface area contributed by atoms with E-state index in [0.717, 1.165) is 19.3 Å². The summed E-state index contributed by atoms with van der Waals surface area (Å²) < 4.78 is 39.0. The zero-order valence-electron chi connectivity index (χ0n) is 9.74. The minimum atomic E-state index is -4.62. The van der Waals surface area contributed by atoms with E-state index in [1.54, 1.807) is 0 Å². The van der Waals surface area contributed by atoms with Crippen molar-refractivity contribution in [2.45, 2.75) is 31.7 Å². The van der Waals surface area contributed by atoms with Gasteiger partial charge in [0, 0.05) is 12.6 Å². The van der Waals surface area contributed by atoms with Crippen LogP contribution >= 0.6 is 0 Å². The molecule has 4 atom stereocenters. The zero-order valence-corrected chi connectivity index (χ0v) is 9.74.